The fourth-order valence-electron chi connectivity index (χ4n) is 2.74. The van der Waals surface area contributed by atoms with E-state index >= 15 is 0 Å². The molecule has 2 amide bonds. The third kappa shape index (κ3) is 7.46. The summed E-state index contributed by atoms with van der Waals surface area (Å²) in [5.74, 6) is -2.57. The Hall–Kier alpha value is -3.66. The first-order valence-electron chi connectivity index (χ1n) is 9.89. The standard InChI is InChI=1S/C22H25ClFN5O4/c1-12(30)9-28-17-7-14(5-6-16(23)20(17)24)22(32)29-10-15-4-3-13(21(25)26)8-18(15)33-11-19(31)27-2/h3-8,14,28H,9-11H2,1-2H3,(H3,25,26)(H,27,31)(H,29,32). The van der Waals surface area contributed by atoms with Gasteiger partial charge in [0.1, 0.15) is 17.4 Å². The summed E-state index contributed by atoms with van der Waals surface area (Å²) in [6.07, 6.45) is 4.04. The molecule has 0 spiro atoms. The first-order valence-corrected chi connectivity index (χ1v) is 10.3. The highest BCUT2D eigenvalue weighted by atomic mass is 35.5. The highest BCUT2D eigenvalue weighted by Crippen LogP contribution is 2.25. The lowest BCUT2D eigenvalue weighted by molar-refractivity contribution is -0.123. The third-order valence-corrected chi connectivity index (χ3v) is 4.83. The maximum Gasteiger partial charge on any atom is 0.257 e. The summed E-state index contributed by atoms with van der Waals surface area (Å²) < 4.78 is 19.9. The van der Waals surface area contributed by atoms with Gasteiger partial charge in [0.25, 0.3) is 5.91 Å². The number of nitrogens with one attached hydrogen (secondary N) is 4. The Morgan fingerprint density at radius 1 is 1.30 bits per heavy atom. The summed E-state index contributed by atoms with van der Waals surface area (Å²) in [5, 5.41) is 15.2. The Kier molecular flexibility index (Phi) is 9.17. The smallest absolute Gasteiger partial charge is 0.257 e. The van der Waals surface area contributed by atoms with Crippen molar-refractivity contribution in [3.05, 3.63) is 64.1 Å². The third-order valence-electron chi connectivity index (χ3n) is 4.54. The number of Topliss-reactive ketones (excluding diaryl/α,β-unsaturated/α-hetero) is 1. The van der Waals surface area contributed by atoms with Gasteiger partial charge in [0.05, 0.1) is 23.2 Å². The van der Waals surface area contributed by atoms with Crippen molar-refractivity contribution in [1.82, 2.24) is 16.0 Å². The summed E-state index contributed by atoms with van der Waals surface area (Å²) in [5.41, 5.74) is 6.40. The fourth-order valence-corrected chi connectivity index (χ4v) is 2.91. The Bertz CT molecular complexity index is 1050. The molecule has 0 saturated carbocycles. The Morgan fingerprint density at radius 3 is 2.67 bits per heavy atom. The molecule has 0 aromatic heterocycles. The SMILES string of the molecule is CNC(=O)COc1cc(C(=N)N)ccc1CNC(=O)C1C=CC(Cl)=C(F)C(NCC(C)=O)=C1. The van der Waals surface area contributed by atoms with Crippen LogP contribution in [0.3, 0.4) is 0 Å². The van der Waals surface area contributed by atoms with Crippen LogP contribution in [0, 0.1) is 11.3 Å². The number of amidine groups is 1. The van der Waals surface area contributed by atoms with Crippen LogP contribution in [-0.4, -0.2) is 43.6 Å². The number of likely N-dealkylation sites (N-methyl/N-ethyl adjacent to an activating group) is 1. The first kappa shape index (κ1) is 25.6. The number of rotatable bonds is 10. The molecule has 11 heteroatoms. The molecule has 1 atom stereocenters. The van der Waals surface area contributed by atoms with E-state index in [0.29, 0.717) is 11.1 Å². The van der Waals surface area contributed by atoms with Crippen LogP contribution in [0.2, 0.25) is 0 Å². The minimum atomic E-state index is -0.867. The number of nitrogen functional groups attached to an aromatic ring is 1. The van der Waals surface area contributed by atoms with Crippen LogP contribution >= 0.6 is 11.6 Å². The van der Waals surface area contributed by atoms with Crippen molar-refractivity contribution in [2.45, 2.75) is 13.5 Å². The number of ketones is 1. The van der Waals surface area contributed by atoms with Crippen LogP contribution in [0.25, 0.3) is 0 Å². The number of carbonyl (C=O) groups excluding carboxylic acids is 3. The van der Waals surface area contributed by atoms with E-state index in [-0.39, 0.29) is 53.7 Å². The lowest BCUT2D eigenvalue weighted by Gasteiger charge is -2.15. The average molecular weight is 478 g/mol. The molecule has 0 bridgehead atoms. The lowest BCUT2D eigenvalue weighted by Crippen LogP contribution is -2.30. The molecule has 1 aromatic rings. The molecule has 6 N–H and O–H groups in total. The zero-order valence-electron chi connectivity index (χ0n) is 18.1. The van der Waals surface area contributed by atoms with Crippen molar-refractivity contribution in [2.75, 3.05) is 20.2 Å². The number of hydrogen-bond donors (Lipinski definition) is 5. The van der Waals surface area contributed by atoms with Gasteiger partial charge in [0.15, 0.2) is 12.4 Å². The van der Waals surface area contributed by atoms with E-state index in [4.69, 9.17) is 27.5 Å². The summed E-state index contributed by atoms with van der Waals surface area (Å²) in [7, 11) is 1.47. The molecule has 1 unspecified atom stereocenters. The van der Waals surface area contributed by atoms with Gasteiger partial charge in [0, 0.05) is 24.7 Å². The second-order valence-electron chi connectivity index (χ2n) is 7.10. The quantitative estimate of drug-likeness (QED) is 0.254. The molecular weight excluding hydrogens is 453 g/mol. The maximum atomic E-state index is 14.4. The van der Waals surface area contributed by atoms with E-state index < -0.39 is 17.7 Å². The number of halogens is 2. The number of carbonyl (C=O) groups is 3. The molecule has 2 rings (SSSR count). The number of allylic oxidation sites excluding steroid dienone is 3. The zero-order valence-corrected chi connectivity index (χ0v) is 18.9. The molecule has 9 nitrogen and oxygen atoms in total. The number of benzene rings is 1. The van der Waals surface area contributed by atoms with Gasteiger partial charge in [-0.15, -0.1) is 0 Å². The van der Waals surface area contributed by atoms with Crippen LogP contribution < -0.4 is 26.4 Å². The van der Waals surface area contributed by atoms with Gasteiger partial charge in [-0.05, 0) is 25.1 Å². The molecule has 33 heavy (non-hydrogen) atoms. The van der Waals surface area contributed by atoms with Crippen molar-refractivity contribution in [3.63, 3.8) is 0 Å². The summed E-state index contributed by atoms with van der Waals surface area (Å²) >= 11 is 5.90. The number of hydrogen-bond acceptors (Lipinski definition) is 6. The van der Waals surface area contributed by atoms with Gasteiger partial charge >= 0.3 is 0 Å². The number of amides is 2. The van der Waals surface area contributed by atoms with E-state index in [1.54, 1.807) is 12.1 Å². The molecule has 0 saturated heterocycles. The van der Waals surface area contributed by atoms with Crippen LogP contribution in [0.1, 0.15) is 18.1 Å². The van der Waals surface area contributed by atoms with E-state index in [2.05, 4.69) is 16.0 Å². The Labute approximate surface area is 195 Å². The van der Waals surface area contributed by atoms with E-state index in [1.165, 1.54) is 38.3 Å². The minimum absolute atomic E-state index is 0.0259. The molecule has 0 aliphatic heterocycles. The van der Waals surface area contributed by atoms with E-state index in [9.17, 15) is 18.8 Å². The predicted molar refractivity (Wildman–Crippen MR) is 122 cm³/mol. The van der Waals surface area contributed by atoms with Gasteiger partial charge in [-0.2, -0.15) is 0 Å². The summed E-state index contributed by atoms with van der Waals surface area (Å²) in [6.45, 7) is 0.989. The first-order chi connectivity index (χ1) is 15.6. The lowest BCUT2D eigenvalue weighted by atomic mass is 10.1. The minimum Gasteiger partial charge on any atom is -0.483 e. The van der Waals surface area contributed by atoms with Gasteiger partial charge in [0.2, 0.25) is 5.91 Å². The van der Waals surface area contributed by atoms with E-state index in [1.807, 2.05) is 0 Å². The molecule has 0 radical (unpaired) electrons. The monoisotopic (exact) mass is 477 g/mol. The van der Waals surface area contributed by atoms with Crippen molar-refractivity contribution in [3.8, 4) is 5.75 Å². The summed E-state index contributed by atoms with van der Waals surface area (Å²) in [4.78, 5) is 35.5. The largest absolute Gasteiger partial charge is 0.483 e. The molecule has 1 aliphatic carbocycles. The topological polar surface area (TPSA) is 146 Å². The second kappa shape index (κ2) is 11.8. The highest BCUT2D eigenvalue weighted by molar-refractivity contribution is 6.31. The Balaban J connectivity index is 2.18. The molecule has 1 aliphatic rings. The highest BCUT2D eigenvalue weighted by Gasteiger charge is 2.21. The van der Waals surface area contributed by atoms with E-state index in [0.717, 1.165) is 0 Å². The average Bonchev–Trinajstić information content (AvgIpc) is 2.93. The molecule has 0 heterocycles. The number of ether oxygens (including phenoxy) is 1. The van der Waals surface area contributed by atoms with Gasteiger partial charge in [-0.1, -0.05) is 29.8 Å². The predicted octanol–water partition coefficient (Wildman–Crippen LogP) is 1.38. The molecular formula is C22H25ClFN5O4. The van der Waals surface area contributed by atoms with Gasteiger partial charge in [-0.25, -0.2) is 4.39 Å². The van der Waals surface area contributed by atoms with Crippen molar-refractivity contribution >= 4 is 35.0 Å². The van der Waals surface area contributed by atoms with Crippen LogP contribution in [0.5, 0.6) is 5.75 Å². The van der Waals surface area contributed by atoms with Crippen LogP contribution in [0.15, 0.2) is 53.0 Å². The van der Waals surface area contributed by atoms with Gasteiger partial charge in [-0.3, -0.25) is 19.8 Å². The number of nitrogens with two attached hydrogens (primary N) is 1. The Morgan fingerprint density at radius 2 is 2.03 bits per heavy atom. The molecule has 176 valence electrons. The second-order valence-corrected chi connectivity index (χ2v) is 7.51. The summed E-state index contributed by atoms with van der Waals surface area (Å²) in [6, 6.07) is 4.71. The normalized spacial score (nSPS) is 15.3. The van der Waals surface area contributed by atoms with Crippen LogP contribution in [-0.2, 0) is 20.9 Å². The van der Waals surface area contributed by atoms with Gasteiger partial charge < -0.3 is 26.4 Å². The maximum absolute atomic E-state index is 14.4. The fraction of sp³-hybridized carbons (Fsp3) is 0.273. The zero-order chi connectivity index (χ0) is 24.5. The molecule has 0 fully saturated rings. The van der Waals surface area contributed by atoms with Crippen molar-refractivity contribution < 1.29 is 23.5 Å². The van der Waals surface area contributed by atoms with Crippen molar-refractivity contribution in [2.24, 2.45) is 11.7 Å². The molecule has 1 aromatic carbocycles. The van der Waals surface area contributed by atoms with Crippen molar-refractivity contribution in [1.29, 1.82) is 5.41 Å². The van der Waals surface area contributed by atoms with Crippen LogP contribution in [0.4, 0.5) is 4.39 Å².